The van der Waals surface area contributed by atoms with Gasteiger partial charge in [-0.05, 0) is 12.1 Å². The lowest BCUT2D eigenvalue weighted by atomic mass is 10.1. The third kappa shape index (κ3) is 2.16. The van der Waals surface area contributed by atoms with Crippen LogP contribution < -0.4 is 0 Å². The molecule has 0 N–H and O–H groups in total. The number of rotatable bonds is 3. The third-order valence-corrected chi connectivity index (χ3v) is 3.24. The Kier molecular flexibility index (Phi) is 3.25. The number of nitrogens with zero attached hydrogens (tertiary/aromatic N) is 2. The molecule has 0 unspecified atom stereocenters. The van der Waals surface area contributed by atoms with Gasteiger partial charge in [-0.25, -0.2) is 4.79 Å². The minimum Gasteiger partial charge on any atom is -0.360 e. The number of aromatic nitrogens is 1. The van der Waals surface area contributed by atoms with Crippen molar-refractivity contribution in [3.8, 4) is 0 Å². The van der Waals surface area contributed by atoms with Gasteiger partial charge in [0.1, 0.15) is 5.76 Å². The van der Waals surface area contributed by atoms with E-state index >= 15 is 0 Å². The molecule has 0 bridgehead atoms. The molecule has 112 valence electrons. The van der Waals surface area contributed by atoms with E-state index in [4.69, 9.17) is 9.36 Å². The molecular weight excluding hydrogens is 288 g/mol. The maximum Gasteiger partial charge on any atom is 0.385 e. The maximum atomic E-state index is 12.1. The van der Waals surface area contributed by atoms with E-state index in [0.717, 1.165) is 0 Å². The first-order valence-corrected chi connectivity index (χ1v) is 6.65. The van der Waals surface area contributed by atoms with Crippen molar-refractivity contribution in [3.05, 3.63) is 52.9 Å². The van der Waals surface area contributed by atoms with Crippen LogP contribution in [0, 0.1) is 0 Å². The van der Waals surface area contributed by atoms with Crippen LogP contribution in [0.25, 0.3) is 0 Å². The number of hydrogen-bond donors (Lipinski definition) is 0. The summed E-state index contributed by atoms with van der Waals surface area (Å²) in [5.41, 5.74) is 0.298. The summed E-state index contributed by atoms with van der Waals surface area (Å²) < 4.78 is 4.99. The van der Waals surface area contributed by atoms with Crippen LogP contribution in [0.3, 0.4) is 0 Å². The summed E-state index contributed by atoms with van der Waals surface area (Å²) in [5.74, 6) is -1.73. The van der Waals surface area contributed by atoms with Crippen molar-refractivity contribution in [2.75, 3.05) is 0 Å². The molecule has 1 aliphatic heterocycles. The van der Waals surface area contributed by atoms with E-state index in [0.29, 0.717) is 10.8 Å². The zero-order valence-corrected chi connectivity index (χ0v) is 11.9. The molecule has 1 aromatic carbocycles. The standard InChI is InChI=1S/C15H12N2O5/c1-8(2)12-7-11(16-21-12)15(20)22-17-13(18)9-5-3-4-6-10(9)14(17)19/h3-8H,1-2H3. The molecular formula is C15H12N2O5. The Morgan fingerprint density at radius 1 is 1.18 bits per heavy atom. The van der Waals surface area contributed by atoms with Crippen LogP contribution in [-0.4, -0.2) is 28.0 Å². The molecule has 0 atom stereocenters. The largest absolute Gasteiger partial charge is 0.385 e. The summed E-state index contributed by atoms with van der Waals surface area (Å²) in [6.45, 7) is 3.75. The van der Waals surface area contributed by atoms with Gasteiger partial charge in [0.15, 0.2) is 5.69 Å². The average molecular weight is 300 g/mol. The number of benzene rings is 1. The molecule has 0 spiro atoms. The first kappa shape index (κ1) is 14.0. The quantitative estimate of drug-likeness (QED) is 0.807. The van der Waals surface area contributed by atoms with Gasteiger partial charge < -0.3 is 9.36 Å². The molecule has 1 aliphatic rings. The summed E-state index contributed by atoms with van der Waals surface area (Å²) in [5, 5.41) is 4.02. The highest BCUT2D eigenvalue weighted by Gasteiger charge is 2.39. The molecule has 0 aliphatic carbocycles. The van der Waals surface area contributed by atoms with Crippen molar-refractivity contribution in [1.82, 2.24) is 10.2 Å². The SMILES string of the molecule is CC(C)c1cc(C(=O)ON2C(=O)c3ccccc3C2=O)no1. The van der Waals surface area contributed by atoms with Crippen molar-refractivity contribution < 1.29 is 23.7 Å². The zero-order valence-electron chi connectivity index (χ0n) is 11.9. The molecule has 22 heavy (non-hydrogen) atoms. The van der Waals surface area contributed by atoms with Crippen LogP contribution in [0.15, 0.2) is 34.9 Å². The first-order valence-electron chi connectivity index (χ1n) is 6.65. The maximum absolute atomic E-state index is 12.1. The summed E-state index contributed by atoms with van der Waals surface area (Å²) in [7, 11) is 0. The summed E-state index contributed by atoms with van der Waals surface area (Å²) in [6, 6.07) is 7.67. The van der Waals surface area contributed by atoms with Crippen LogP contribution in [0.1, 0.15) is 56.7 Å². The molecule has 0 fully saturated rings. The van der Waals surface area contributed by atoms with E-state index in [-0.39, 0.29) is 22.7 Å². The van der Waals surface area contributed by atoms with Gasteiger partial charge in [0.05, 0.1) is 11.1 Å². The zero-order chi connectivity index (χ0) is 15.9. The van der Waals surface area contributed by atoms with Crippen LogP contribution in [0.2, 0.25) is 0 Å². The number of amides is 2. The fourth-order valence-electron chi connectivity index (χ4n) is 2.04. The second-order valence-corrected chi connectivity index (χ2v) is 5.10. The molecule has 2 amide bonds. The van der Waals surface area contributed by atoms with Gasteiger partial charge in [-0.15, -0.1) is 0 Å². The molecule has 3 rings (SSSR count). The molecule has 2 heterocycles. The van der Waals surface area contributed by atoms with Gasteiger partial charge in [-0.3, -0.25) is 9.59 Å². The summed E-state index contributed by atoms with van der Waals surface area (Å²) in [6.07, 6.45) is 0. The average Bonchev–Trinajstić information content (AvgIpc) is 3.08. The Hall–Kier alpha value is -2.96. The fourth-order valence-corrected chi connectivity index (χ4v) is 2.04. The van der Waals surface area contributed by atoms with Gasteiger partial charge in [-0.1, -0.05) is 36.2 Å². The van der Waals surface area contributed by atoms with Crippen LogP contribution in [-0.2, 0) is 4.84 Å². The summed E-state index contributed by atoms with van der Waals surface area (Å²) in [4.78, 5) is 41.0. The van der Waals surface area contributed by atoms with Gasteiger partial charge in [-0.2, -0.15) is 0 Å². The van der Waals surface area contributed by atoms with Crippen molar-refractivity contribution in [1.29, 1.82) is 0 Å². The Bertz CT molecular complexity index is 743. The third-order valence-electron chi connectivity index (χ3n) is 3.24. The van der Waals surface area contributed by atoms with Crippen molar-refractivity contribution in [3.63, 3.8) is 0 Å². The molecule has 0 saturated heterocycles. The highest BCUT2D eigenvalue weighted by atomic mass is 16.7. The second kappa shape index (κ2) is 5.10. The van der Waals surface area contributed by atoms with Gasteiger partial charge in [0.2, 0.25) is 0 Å². The first-order chi connectivity index (χ1) is 10.5. The van der Waals surface area contributed by atoms with Crippen LogP contribution >= 0.6 is 0 Å². The van der Waals surface area contributed by atoms with E-state index in [1.165, 1.54) is 18.2 Å². The predicted molar refractivity (Wildman–Crippen MR) is 72.9 cm³/mol. The van der Waals surface area contributed by atoms with Crippen LogP contribution in [0.5, 0.6) is 0 Å². The number of imide groups is 1. The smallest absolute Gasteiger partial charge is 0.360 e. The number of fused-ring (bicyclic) bond motifs is 1. The Morgan fingerprint density at radius 2 is 1.77 bits per heavy atom. The minimum atomic E-state index is -0.926. The van der Waals surface area contributed by atoms with Gasteiger partial charge >= 0.3 is 5.97 Å². The lowest BCUT2D eigenvalue weighted by molar-refractivity contribution is -0.0590. The topological polar surface area (TPSA) is 89.7 Å². The fraction of sp³-hybridized carbons (Fsp3) is 0.200. The molecule has 7 nitrogen and oxygen atoms in total. The molecule has 2 aromatic rings. The molecule has 0 saturated carbocycles. The van der Waals surface area contributed by atoms with Gasteiger partial charge in [0.25, 0.3) is 11.8 Å². The monoisotopic (exact) mass is 300 g/mol. The molecule has 0 radical (unpaired) electrons. The number of carbonyl (C=O) groups excluding carboxylic acids is 3. The number of carbonyl (C=O) groups is 3. The normalized spacial score (nSPS) is 13.7. The van der Waals surface area contributed by atoms with E-state index < -0.39 is 17.8 Å². The second-order valence-electron chi connectivity index (χ2n) is 5.10. The molecule has 7 heteroatoms. The van der Waals surface area contributed by atoms with Crippen molar-refractivity contribution in [2.45, 2.75) is 19.8 Å². The summed E-state index contributed by atoms with van der Waals surface area (Å²) >= 11 is 0. The Balaban J connectivity index is 1.80. The Morgan fingerprint density at radius 3 is 2.27 bits per heavy atom. The predicted octanol–water partition coefficient (Wildman–Crippen LogP) is 2.17. The van der Waals surface area contributed by atoms with E-state index in [1.54, 1.807) is 12.1 Å². The highest BCUT2D eigenvalue weighted by molar-refractivity contribution is 6.21. The number of hydroxylamine groups is 2. The van der Waals surface area contributed by atoms with Gasteiger partial charge in [0, 0.05) is 12.0 Å². The highest BCUT2D eigenvalue weighted by Crippen LogP contribution is 2.23. The molecule has 1 aromatic heterocycles. The van der Waals surface area contributed by atoms with Crippen LogP contribution in [0.4, 0.5) is 0 Å². The minimum absolute atomic E-state index is 0.0494. The van der Waals surface area contributed by atoms with E-state index in [1.807, 2.05) is 13.8 Å². The lowest BCUT2D eigenvalue weighted by Crippen LogP contribution is -2.32. The van der Waals surface area contributed by atoms with Crippen molar-refractivity contribution in [2.24, 2.45) is 0 Å². The number of hydrogen-bond acceptors (Lipinski definition) is 6. The Labute approximate surface area is 125 Å². The van der Waals surface area contributed by atoms with E-state index in [9.17, 15) is 14.4 Å². The lowest BCUT2D eigenvalue weighted by Gasteiger charge is -2.11. The van der Waals surface area contributed by atoms with E-state index in [2.05, 4.69) is 5.16 Å². The van der Waals surface area contributed by atoms with Crippen molar-refractivity contribution >= 4 is 17.8 Å².